The van der Waals surface area contributed by atoms with E-state index in [1.54, 1.807) is 0 Å². The highest BCUT2D eigenvalue weighted by molar-refractivity contribution is 5.81. The summed E-state index contributed by atoms with van der Waals surface area (Å²) in [5, 5.41) is 0. The van der Waals surface area contributed by atoms with Gasteiger partial charge in [-0.2, -0.15) is 0 Å². The van der Waals surface area contributed by atoms with Gasteiger partial charge < -0.3 is 10.3 Å². The minimum atomic E-state index is 0.485. The second-order valence-electron chi connectivity index (χ2n) is 4.42. The van der Waals surface area contributed by atoms with Crippen LogP contribution in [0.25, 0.3) is 11.2 Å². The fraction of sp³-hybridized carbons (Fsp3) is 0.545. The second kappa shape index (κ2) is 3.43. The summed E-state index contributed by atoms with van der Waals surface area (Å²) in [6.07, 6.45) is 6.88. The molecule has 0 aromatic carbocycles. The Labute approximate surface area is 93.7 Å². The van der Waals surface area contributed by atoms with Crippen molar-refractivity contribution in [3.05, 3.63) is 12.2 Å². The van der Waals surface area contributed by atoms with Crippen LogP contribution in [0.5, 0.6) is 0 Å². The summed E-state index contributed by atoms with van der Waals surface area (Å²) in [6.45, 7) is 1.86. The molecule has 1 saturated carbocycles. The molecule has 0 saturated heterocycles. The molecule has 1 aliphatic rings. The summed E-state index contributed by atoms with van der Waals surface area (Å²) >= 11 is 0. The molecule has 1 aliphatic carbocycles. The topological polar surface area (TPSA) is 69.6 Å². The number of imidazole rings is 1. The maximum absolute atomic E-state index is 5.84. The van der Waals surface area contributed by atoms with E-state index in [4.69, 9.17) is 5.73 Å². The van der Waals surface area contributed by atoms with Crippen molar-refractivity contribution in [3.63, 3.8) is 0 Å². The molecule has 1 fully saturated rings. The highest BCUT2D eigenvalue weighted by Gasteiger charge is 2.20. The molecule has 2 aromatic rings. The molecular formula is C11H15N5. The van der Waals surface area contributed by atoms with Gasteiger partial charge in [-0.1, -0.05) is 12.8 Å². The van der Waals surface area contributed by atoms with Crippen LogP contribution in [-0.4, -0.2) is 19.5 Å². The molecule has 2 N–H and O–H groups in total. The van der Waals surface area contributed by atoms with Gasteiger partial charge in [-0.15, -0.1) is 0 Å². The first-order valence-corrected chi connectivity index (χ1v) is 5.72. The Morgan fingerprint density at radius 2 is 2.06 bits per heavy atom. The van der Waals surface area contributed by atoms with Crippen LogP contribution in [0.4, 0.5) is 5.82 Å². The van der Waals surface area contributed by atoms with Crippen molar-refractivity contribution in [3.8, 4) is 0 Å². The molecule has 0 radical (unpaired) electrons. The molecule has 2 heterocycles. The van der Waals surface area contributed by atoms with Crippen molar-refractivity contribution in [2.75, 3.05) is 5.73 Å². The highest BCUT2D eigenvalue weighted by atomic mass is 15.2. The Hall–Kier alpha value is -1.65. The third kappa shape index (κ3) is 1.35. The van der Waals surface area contributed by atoms with Gasteiger partial charge >= 0.3 is 0 Å². The predicted octanol–water partition coefficient (Wildman–Crippen LogP) is 1.83. The average molecular weight is 217 g/mol. The molecule has 5 nitrogen and oxygen atoms in total. The van der Waals surface area contributed by atoms with Crippen LogP contribution in [-0.2, 0) is 0 Å². The number of rotatable bonds is 1. The lowest BCUT2D eigenvalue weighted by Crippen LogP contribution is -2.05. The molecule has 5 heteroatoms. The zero-order valence-corrected chi connectivity index (χ0v) is 9.35. The number of nitrogens with two attached hydrogens (primary N) is 1. The minimum absolute atomic E-state index is 0.485. The number of hydrogen-bond acceptors (Lipinski definition) is 4. The fourth-order valence-electron chi connectivity index (χ4n) is 2.50. The summed E-state index contributed by atoms with van der Waals surface area (Å²) in [5.41, 5.74) is 7.46. The van der Waals surface area contributed by atoms with E-state index in [-0.39, 0.29) is 0 Å². The van der Waals surface area contributed by atoms with Crippen molar-refractivity contribution in [2.24, 2.45) is 0 Å². The summed E-state index contributed by atoms with van der Waals surface area (Å²) in [5.74, 6) is 1.20. The fourth-order valence-corrected chi connectivity index (χ4v) is 2.50. The quantitative estimate of drug-likeness (QED) is 0.791. The van der Waals surface area contributed by atoms with E-state index in [2.05, 4.69) is 19.5 Å². The van der Waals surface area contributed by atoms with Crippen LogP contribution in [0.2, 0.25) is 0 Å². The molecule has 0 spiro atoms. The Kier molecular flexibility index (Phi) is 2.05. The van der Waals surface area contributed by atoms with Crippen LogP contribution in [0, 0.1) is 6.92 Å². The number of nitrogens with zero attached hydrogens (tertiary/aromatic N) is 4. The largest absolute Gasteiger partial charge is 0.382 e. The van der Waals surface area contributed by atoms with E-state index >= 15 is 0 Å². The lowest BCUT2D eigenvalue weighted by Gasteiger charge is -2.11. The van der Waals surface area contributed by atoms with E-state index in [1.165, 1.54) is 25.7 Å². The van der Waals surface area contributed by atoms with Gasteiger partial charge in [0.2, 0.25) is 0 Å². The van der Waals surface area contributed by atoms with Gasteiger partial charge in [-0.25, -0.2) is 15.0 Å². The Balaban J connectivity index is 2.18. The number of aromatic nitrogens is 4. The lowest BCUT2D eigenvalue weighted by molar-refractivity contribution is 0.528. The first-order valence-electron chi connectivity index (χ1n) is 5.72. The lowest BCUT2D eigenvalue weighted by atomic mass is 10.2. The monoisotopic (exact) mass is 217 g/mol. The first-order chi connectivity index (χ1) is 7.75. The van der Waals surface area contributed by atoms with Crippen molar-refractivity contribution >= 4 is 17.0 Å². The maximum atomic E-state index is 5.84. The number of aryl methyl sites for hydroxylation is 1. The molecule has 0 atom stereocenters. The summed E-state index contributed by atoms with van der Waals surface area (Å²) in [7, 11) is 0. The van der Waals surface area contributed by atoms with E-state index < -0.39 is 0 Å². The van der Waals surface area contributed by atoms with Crippen molar-refractivity contribution in [1.29, 1.82) is 0 Å². The highest BCUT2D eigenvalue weighted by Crippen LogP contribution is 2.32. The number of nitrogen functional groups attached to an aromatic ring is 1. The maximum Gasteiger partial charge on any atom is 0.166 e. The van der Waals surface area contributed by atoms with Gasteiger partial charge in [0.15, 0.2) is 11.5 Å². The Morgan fingerprint density at radius 3 is 2.81 bits per heavy atom. The predicted molar refractivity (Wildman–Crippen MR) is 62.0 cm³/mol. The van der Waals surface area contributed by atoms with Gasteiger partial charge in [0.25, 0.3) is 0 Å². The van der Waals surface area contributed by atoms with Crippen molar-refractivity contribution < 1.29 is 0 Å². The van der Waals surface area contributed by atoms with Crippen LogP contribution >= 0.6 is 0 Å². The van der Waals surface area contributed by atoms with Gasteiger partial charge in [-0.3, -0.25) is 0 Å². The normalized spacial score (nSPS) is 17.3. The molecule has 3 rings (SSSR count). The van der Waals surface area contributed by atoms with Gasteiger partial charge in [0, 0.05) is 6.04 Å². The smallest absolute Gasteiger partial charge is 0.166 e. The second-order valence-corrected chi connectivity index (χ2v) is 4.42. The molecule has 84 valence electrons. The van der Waals surface area contributed by atoms with Crippen molar-refractivity contribution in [2.45, 2.75) is 38.6 Å². The summed E-state index contributed by atoms with van der Waals surface area (Å²) in [6, 6.07) is 0.540. The third-order valence-corrected chi connectivity index (χ3v) is 3.28. The number of fused-ring (bicyclic) bond motifs is 1. The van der Waals surface area contributed by atoms with Crippen LogP contribution in [0.3, 0.4) is 0 Å². The number of anilines is 1. The summed E-state index contributed by atoms with van der Waals surface area (Å²) in [4.78, 5) is 12.9. The van der Waals surface area contributed by atoms with Crippen LogP contribution in [0.15, 0.2) is 6.33 Å². The Morgan fingerprint density at radius 1 is 1.31 bits per heavy atom. The van der Waals surface area contributed by atoms with E-state index in [1.807, 2.05) is 13.3 Å². The molecular weight excluding hydrogens is 202 g/mol. The third-order valence-electron chi connectivity index (χ3n) is 3.28. The van der Waals surface area contributed by atoms with Crippen LogP contribution < -0.4 is 5.73 Å². The molecule has 0 unspecified atom stereocenters. The van der Waals surface area contributed by atoms with Crippen LogP contribution in [0.1, 0.15) is 37.5 Å². The van der Waals surface area contributed by atoms with Crippen molar-refractivity contribution in [1.82, 2.24) is 19.5 Å². The van der Waals surface area contributed by atoms with Gasteiger partial charge in [-0.05, 0) is 19.8 Å². The molecule has 0 bridgehead atoms. The van der Waals surface area contributed by atoms with E-state index in [9.17, 15) is 0 Å². The molecule has 0 amide bonds. The summed E-state index contributed by atoms with van der Waals surface area (Å²) < 4.78 is 2.16. The number of hydrogen-bond donors (Lipinski definition) is 1. The van der Waals surface area contributed by atoms with Gasteiger partial charge in [0.1, 0.15) is 11.3 Å². The standard InChI is InChI=1S/C11H15N5/c1-7-14-10(12)9-11(15-7)16(6-13-9)8-4-2-3-5-8/h6,8H,2-5H2,1H3,(H2,12,14,15). The first kappa shape index (κ1) is 9.57. The average Bonchev–Trinajstić information content (AvgIpc) is 2.83. The van der Waals surface area contributed by atoms with E-state index in [0.717, 1.165) is 11.2 Å². The van der Waals surface area contributed by atoms with Gasteiger partial charge in [0.05, 0.1) is 6.33 Å². The zero-order chi connectivity index (χ0) is 11.1. The SMILES string of the molecule is Cc1nc(N)c2ncn(C3CCCC3)c2n1. The van der Waals surface area contributed by atoms with E-state index in [0.29, 0.717) is 17.7 Å². The Bertz CT molecular complexity index is 524. The molecule has 16 heavy (non-hydrogen) atoms. The molecule has 0 aliphatic heterocycles. The molecule has 2 aromatic heterocycles. The zero-order valence-electron chi connectivity index (χ0n) is 9.35. The minimum Gasteiger partial charge on any atom is -0.382 e.